The third kappa shape index (κ3) is 47.5. The Morgan fingerprint density at radius 3 is 0.571 bits per heavy atom. The molecule has 13 amide bonds. The van der Waals surface area contributed by atoms with Gasteiger partial charge in [-0.15, -0.1) is 0 Å². The van der Waals surface area contributed by atoms with Crippen LogP contribution in [-0.2, 0) is 62.3 Å². The molecule has 0 aromatic heterocycles. The Morgan fingerprint density at radius 1 is 0.214 bits per heavy atom. The smallest absolute Gasteiger partial charge is 0.243 e. The van der Waals surface area contributed by atoms with Gasteiger partial charge in [0.1, 0.15) is 72.5 Å². The molecule has 0 aliphatic carbocycles. The molecule has 0 aromatic carbocycles. The van der Waals surface area contributed by atoms with Gasteiger partial charge in [-0.1, -0.05) is 116 Å². The van der Waals surface area contributed by atoms with Crippen LogP contribution in [0.15, 0.2) is 0 Å². The van der Waals surface area contributed by atoms with Gasteiger partial charge in [0.25, 0.3) is 0 Å². The van der Waals surface area contributed by atoms with E-state index in [1.54, 1.807) is 0 Å². The molecule has 112 heavy (non-hydrogen) atoms. The summed E-state index contributed by atoms with van der Waals surface area (Å²) in [5.74, 6) is -9.29. The fraction of sp³-hybridized carbons (Fsp3) is 0.838. The van der Waals surface area contributed by atoms with E-state index < -0.39 is 143 Å². The van der Waals surface area contributed by atoms with Crippen molar-refractivity contribution < 1.29 is 62.3 Å². The first kappa shape index (κ1) is 105. The molecule has 12 atom stereocenters. The van der Waals surface area contributed by atoms with E-state index in [1.807, 2.05) is 83.1 Å². The first-order chi connectivity index (χ1) is 53.0. The average molecular weight is 1590 g/mol. The van der Waals surface area contributed by atoms with Crippen LogP contribution in [0.25, 0.3) is 0 Å². The molecule has 0 fully saturated rings. The molecule has 0 rings (SSSR count). The molecule has 0 spiro atoms. The largest absolute Gasteiger partial charge is 0.368 e. The number of carbonyl (C=O) groups excluding carboxylic acids is 13. The van der Waals surface area contributed by atoms with Crippen LogP contribution in [-0.4, -0.2) is 189 Å². The van der Waals surface area contributed by atoms with Crippen LogP contribution in [0.2, 0.25) is 0 Å². The molecule has 26 N–H and O–H groups in total. The highest BCUT2D eigenvalue weighted by Crippen LogP contribution is 2.18. The lowest BCUT2D eigenvalue weighted by atomic mass is 9.98. The summed E-state index contributed by atoms with van der Waals surface area (Å²) in [4.78, 5) is 185. The molecule has 0 aliphatic rings. The first-order valence-electron chi connectivity index (χ1n) is 42.2. The van der Waals surface area contributed by atoms with Crippen molar-refractivity contribution >= 4 is 76.8 Å². The number of amides is 13. The molecule has 32 heteroatoms. The average Bonchev–Trinajstić information content (AvgIpc) is 0.858. The maximum Gasteiger partial charge on any atom is 0.243 e. The monoisotopic (exact) mass is 1590 g/mol. The van der Waals surface area contributed by atoms with E-state index in [2.05, 4.69) is 70.7 Å². The third-order valence-electron chi connectivity index (χ3n) is 19.1. The van der Waals surface area contributed by atoms with E-state index in [4.69, 9.17) is 40.1 Å². The Morgan fingerprint density at radius 2 is 0.384 bits per heavy atom. The van der Waals surface area contributed by atoms with E-state index in [-0.39, 0.29) is 138 Å². The van der Waals surface area contributed by atoms with Crippen LogP contribution in [0.4, 0.5) is 0 Å². The highest BCUT2D eigenvalue weighted by molar-refractivity contribution is 5.99. The zero-order valence-electron chi connectivity index (χ0n) is 70.7. The Kier molecular flexibility index (Phi) is 57.4. The Bertz CT molecular complexity index is 2760. The van der Waals surface area contributed by atoms with Gasteiger partial charge in [-0.05, 0) is 235 Å². The fourth-order valence-corrected chi connectivity index (χ4v) is 13.0. The lowest BCUT2D eigenvalue weighted by Crippen LogP contribution is -2.61. The second kappa shape index (κ2) is 61.3. The molecular formula is C80H155N19O13. The van der Waals surface area contributed by atoms with Crippen molar-refractivity contribution in [1.82, 2.24) is 63.8 Å². The molecule has 648 valence electrons. The van der Waals surface area contributed by atoms with Gasteiger partial charge >= 0.3 is 0 Å². The summed E-state index contributed by atoms with van der Waals surface area (Å²) in [6.45, 7) is 26.2. The minimum atomic E-state index is -1.29. The highest BCUT2D eigenvalue weighted by Gasteiger charge is 2.38. The number of hydrogen-bond donors (Lipinski definition) is 19. The molecule has 0 radical (unpaired) electrons. The van der Waals surface area contributed by atoms with Crippen LogP contribution < -0.4 is 104 Å². The van der Waals surface area contributed by atoms with E-state index in [0.717, 1.165) is 25.7 Å². The second-order valence-electron chi connectivity index (χ2n) is 32.8. The van der Waals surface area contributed by atoms with Gasteiger partial charge in [0.05, 0.1) is 0 Å². The molecule has 0 saturated carbocycles. The summed E-state index contributed by atoms with van der Waals surface area (Å²) in [7, 11) is 0. The van der Waals surface area contributed by atoms with Gasteiger partial charge in [0, 0.05) is 6.42 Å². The summed E-state index contributed by atoms with van der Waals surface area (Å²) < 4.78 is 0. The number of unbranched alkanes of at least 4 members (excludes halogenated alkanes) is 10. The van der Waals surface area contributed by atoms with Gasteiger partial charge in [-0.3, -0.25) is 62.3 Å². The predicted octanol–water partition coefficient (Wildman–Crippen LogP) is 2.70. The van der Waals surface area contributed by atoms with Gasteiger partial charge < -0.3 is 104 Å². The summed E-state index contributed by atoms with van der Waals surface area (Å²) in [5, 5.41) is 34.0. The lowest BCUT2D eigenvalue weighted by molar-refractivity contribution is -0.136. The number of primary amides is 1. The minimum Gasteiger partial charge on any atom is -0.368 e. The number of nitrogens with one attached hydrogen (secondary N) is 12. The van der Waals surface area contributed by atoms with Crippen molar-refractivity contribution in [2.75, 3.05) is 39.3 Å². The quantitative estimate of drug-likeness (QED) is 0.0389. The zero-order valence-corrected chi connectivity index (χ0v) is 70.7. The van der Waals surface area contributed by atoms with E-state index >= 15 is 0 Å². The SMILES string of the molecule is CCCCCCCC(=O)N[C@@H](CC(C)C)C(=O)N[C@@H](CC(C)C)C(=O)N[C@@H](CCCCN)C(=O)N[C@@H](CCCCN)C(=O)N[C@@H](CC(C)C)C(=O)N[C@@H](CCCCN)C(=O)N[C@@H](CCCCN)C(=O)N[C@@H](CC(C)C)C(=O)N[C@@H](CC(C)C)C(=O)N[C@@H](CCCCN)C(=O)N[C@@H](CCCCN)C(=O)N[C@@H](CC(C)C)C(N)=O. The lowest BCUT2D eigenvalue weighted by Gasteiger charge is -2.29. The highest BCUT2D eigenvalue weighted by atomic mass is 16.2. The summed E-state index contributed by atoms with van der Waals surface area (Å²) >= 11 is 0. The normalized spacial score (nSPS) is 14.8. The van der Waals surface area contributed by atoms with Crippen LogP contribution in [0.1, 0.15) is 283 Å². The Labute approximate surface area is 670 Å². The first-order valence-corrected chi connectivity index (χ1v) is 42.2. The van der Waals surface area contributed by atoms with Crippen LogP contribution in [0, 0.1) is 35.5 Å². The van der Waals surface area contributed by atoms with Crippen molar-refractivity contribution in [2.45, 2.75) is 355 Å². The van der Waals surface area contributed by atoms with E-state index in [0.29, 0.717) is 110 Å². The fourth-order valence-electron chi connectivity index (χ4n) is 13.0. The molecule has 0 aliphatic heterocycles. The number of hydrogen-bond acceptors (Lipinski definition) is 19. The number of nitrogens with two attached hydrogens (primary N) is 7. The Hall–Kier alpha value is -7.13. The van der Waals surface area contributed by atoms with Crippen molar-refractivity contribution in [1.29, 1.82) is 0 Å². The van der Waals surface area contributed by atoms with Gasteiger partial charge in [-0.25, -0.2) is 0 Å². The van der Waals surface area contributed by atoms with Crippen LogP contribution in [0.5, 0.6) is 0 Å². The van der Waals surface area contributed by atoms with Crippen molar-refractivity contribution in [3.05, 3.63) is 0 Å². The molecule has 0 unspecified atom stereocenters. The van der Waals surface area contributed by atoms with Crippen molar-refractivity contribution in [2.24, 2.45) is 75.6 Å². The van der Waals surface area contributed by atoms with Crippen molar-refractivity contribution in [3.63, 3.8) is 0 Å². The number of carbonyl (C=O) groups is 13. The standard InChI is InChI=1S/C80H155N19O13/c1-14-15-16-17-18-37-68(100)88-63(45-51(4)5)76(108)98-65(47-53(8)9)78(110)93-58(33-21-27-40-83)72(104)90-60(35-23-29-42-85)74(106)96-64(46-52(6)7)77(109)92-57(32-20-26-39-82)71(103)91-61(36-24-30-43-86)75(107)97-67(49-55(12)13)80(112)99-66(48-54(10)11)79(111)94-56(31-19-25-38-81)70(102)89-59(34-22-28-41-84)73(105)95-62(69(87)101)44-50(2)3/h50-67H,14-49,81-86H2,1-13H3,(H2,87,101)(H,88,100)(H,89,102)(H,90,104)(H,91,103)(H,92,109)(H,93,110)(H,94,111)(H,95,105)(H,96,106)(H,97,107)(H,98,108)(H,99,112)/t56-,57-,58-,59-,60-,61-,62-,63-,64-,65-,66-,67-/m0/s1. The maximum atomic E-state index is 14.8. The van der Waals surface area contributed by atoms with Gasteiger partial charge in [0.2, 0.25) is 76.8 Å². The summed E-state index contributed by atoms with van der Waals surface area (Å²) in [6, 6.07) is -14.2. The summed E-state index contributed by atoms with van der Waals surface area (Å²) in [6.07, 6.45) is 11.8. The van der Waals surface area contributed by atoms with Crippen LogP contribution in [0.3, 0.4) is 0 Å². The number of rotatable bonds is 66. The minimum absolute atomic E-state index is 0.0000518. The summed E-state index contributed by atoms with van der Waals surface area (Å²) in [5.41, 5.74) is 41.0. The Balaban J connectivity index is 7.30. The molecule has 0 aromatic rings. The van der Waals surface area contributed by atoms with Gasteiger partial charge in [-0.2, -0.15) is 0 Å². The van der Waals surface area contributed by atoms with Crippen LogP contribution >= 0.6 is 0 Å². The molecule has 32 nitrogen and oxygen atoms in total. The third-order valence-corrected chi connectivity index (χ3v) is 19.1. The van der Waals surface area contributed by atoms with Gasteiger partial charge in [0.15, 0.2) is 0 Å². The molecular weight excluding hydrogens is 1430 g/mol. The second-order valence-corrected chi connectivity index (χ2v) is 32.8. The van der Waals surface area contributed by atoms with E-state index in [1.165, 1.54) is 0 Å². The van der Waals surface area contributed by atoms with Crippen molar-refractivity contribution in [3.8, 4) is 0 Å². The zero-order chi connectivity index (χ0) is 84.8. The molecule has 0 saturated heterocycles. The predicted molar refractivity (Wildman–Crippen MR) is 440 cm³/mol. The van der Waals surface area contributed by atoms with E-state index in [9.17, 15) is 62.3 Å². The maximum absolute atomic E-state index is 14.8. The topological polar surface area (TPSA) is 548 Å². The molecule has 0 heterocycles. The molecule has 0 bridgehead atoms.